The molecular formula is C11H12N4O. The van der Waals surface area contributed by atoms with Gasteiger partial charge in [0.25, 0.3) is 0 Å². The Morgan fingerprint density at radius 3 is 2.75 bits per heavy atom. The summed E-state index contributed by atoms with van der Waals surface area (Å²) in [4.78, 5) is 2.19. The molecule has 1 fully saturated rings. The van der Waals surface area contributed by atoms with E-state index in [9.17, 15) is 0 Å². The largest absolute Gasteiger partial charge is 0.378 e. The number of morpholine rings is 1. The highest BCUT2D eigenvalue weighted by Crippen LogP contribution is 2.22. The molecule has 16 heavy (non-hydrogen) atoms. The number of anilines is 1. The van der Waals surface area contributed by atoms with Crippen molar-refractivity contribution >= 4 is 16.7 Å². The number of hydrogen-bond donors (Lipinski definition) is 0. The molecule has 1 aliphatic heterocycles. The minimum Gasteiger partial charge on any atom is -0.378 e. The maximum absolute atomic E-state index is 5.33. The van der Waals surface area contributed by atoms with Gasteiger partial charge >= 0.3 is 0 Å². The molecule has 1 aliphatic rings. The second kappa shape index (κ2) is 4.02. The summed E-state index contributed by atoms with van der Waals surface area (Å²) in [6.45, 7) is 3.22. The number of fused-ring (bicyclic) bond motifs is 1. The fraction of sp³-hybridized carbons (Fsp3) is 0.364. The lowest BCUT2D eigenvalue weighted by Crippen LogP contribution is -2.37. The summed E-state index contributed by atoms with van der Waals surface area (Å²) in [5.41, 5.74) is 0.888. The molecule has 1 aromatic heterocycles. The highest BCUT2D eigenvalue weighted by molar-refractivity contribution is 5.88. The predicted molar refractivity (Wildman–Crippen MR) is 60.4 cm³/mol. The van der Waals surface area contributed by atoms with Gasteiger partial charge in [-0.15, -0.1) is 10.2 Å². The smallest absolute Gasteiger partial charge is 0.162 e. The van der Waals surface area contributed by atoms with Gasteiger partial charge in [0, 0.05) is 18.5 Å². The Kier molecular flexibility index (Phi) is 2.38. The van der Waals surface area contributed by atoms with Crippen LogP contribution in [0.3, 0.4) is 0 Å². The van der Waals surface area contributed by atoms with Crippen LogP contribution in [0.15, 0.2) is 24.3 Å². The van der Waals surface area contributed by atoms with E-state index in [1.54, 1.807) is 0 Å². The molecular weight excluding hydrogens is 204 g/mol. The Bertz CT molecular complexity index is 491. The van der Waals surface area contributed by atoms with Crippen molar-refractivity contribution in [3.8, 4) is 0 Å². The second-order valence-corrected chi connectivity index (χ2v) is 3.73. The molecule has 0 atom stereocenters. The van der Waals surface area contributed by atoms with Gasteiger partial charge in [0.1, 0.15) is 0 Å². The van der Waals surface area contributed by atoms with Gasteiger partial charge in [0.15, 0.2) is 5.82 Å². The zero-order valence-corrected chi connectivity index (χ0v) is 8.83. The second-order valence-electron chi connectivity index (χ2n) is 3.73. The summed E-state index contributed by atoms with van der Waals surface area (Å²) < 4.78 is 5.33. The zero-order valence-electron chi connectivity index (χ0n) is 8.83. The Morgan fingerprint density at radius 2 is 1.88 bits per heavy atom. The van der Waals surface area contributed by atoms with Crippen LogP contribution in [0, 0.1) is 0 Å². The molecule has 1 saturated heterocycles. The van der Waals surface area contributed by atoms with Crippen molar-refractivity contribution in [3.63, 3.8) is 0 Å². The molecule has 5 nitrogen and oxygen atoms in total. The highest BCUT2D eigenvalue weighted by atomic mass is 16.5. The molecule has 0 saturated carbocycles. The summed E-state index contributed by atoms with van der Waals surface area (Å²) in [5, 5.41) is 13.0. The third-order valence-electron chi connectivity index (χ3n) is 2.75. The van der Waals surface area contributed by atoms with Gasteiger partial charge in [-0.25, -0.2) is 0 Å². The van der Waals surface area contributed by atoms with E-state index in [-0.39, 0.29) is 0 Å². The van der Waals surface area contributed by atoms with Crippen molar-refractivity contribution in [1.29, 1.82) is 0 Å². The SMILES string of the molecule is c1ccc2c(N3CCOCC3)nnnc2c1. The summed E-state index contributed by atoms with van der Waals surface area (Å²) in [6.07, 6.45) is 0. The number of benzene rings is 1. The molecule has 5 heteroatoms. The summed E-state index contributed by atoms with van der Waals surface area (Å²) >= 11 is 0. The number of nitrogens with zero attached hydrogens (tertiary/aromatic N) is 4. The molecule has 2 aromatic rings. The molecule has 0 aliphatic carbocycles. The van der Waals surface area contributed by atoms with E-state index in [1.807, 2.05) is 24.3 Å². The van der Waals surface area contributed by atoms with Gasteiger partial charge in [-0.1, -0.05) is 12.1 Å². The predicted octanol–water partition coefficient (Wildman–Crippen LogP) is 0.861. The first-order chi connectivity index (χ1) is 7.95. The van der Waals surface area contributed by atoms with Crippen molar-refractivity contribution in [1.82, 2.24) is 15.4 Å². The van der Waals surface area contributed by atoms with Crippen molar-refractivity contribution < 1.29 is 4.74 Å². The maximum atomic E-state index is 5.33. The minimum atomic E-state index is 0.748. The number of hydrogen-bond acceptors (Lipinski definition) is 5. The lowest BCUT2D eigenvalue weighted by molar-refractivity contribution is 0.122. The van der Waals surface area contributed by atoms with Gasteiger partial charge < -0.3 is 9.64 Å². The van der Waals surface area contributed by atoms with Crippen molar-refractivity contribution in [2.24, 2.45) is 0 Å². The van der Waals surface area contributed by atoms with Crippen molar-refractivity contribution in [2.75, 3.05) is 31.2 Å². The molecule has 0 amide bonds. The standard InChI is InChI=1S/C11H12N4O/c1-2-4-10-9(3-1)11(13-14-12-10)15-5-7-16-8-6-15/h1-4H,5-8H2. The monoisotopic (exact) mass is 216 g/mol. The van der Waals surface area contributed by atoms with Crippen LogP contribution in [0.25, 0.3) is 10.9 Å². The van der Waals surface area contributed by atoms with Crippen LogP contribution in [0.2, 0.25) is 0 Å². The number of rotatable bonds is 1. The Balaban J connectivity index is 2.08. The van der Waals surface area contributed by atoms with E-state index < -0.39 is 0 Å². The van der Waals surface area contributed by atoms with E-state index in [2.05, 4.69) is 20.3 Å². The third kappa shape index (κ3) is 1.59. The van der Waals surface area contributed by atoms with E-state index in [0.717, 1.165) is 43.0 Å². The molecule has 1 aromatic carbocycles. The Morgan fingerprint density at radius 1 is 1.06 bits per heavy atom. The van der Waals surface area contributed by atoms with Gasteiger partial charge in [-0.3, -0.25) is 0 Å². The fourth-order valence-electron chi connectivity index (χ4n) is 1.93. The lowest BCUT2D eigenvalue weighted by Gasteiger charge is -2.27. The molecule has 3 rings (SSSR count). The average molecular weight is 216 g/mol. The normalized spacial score (nSPS) is 16.6. The van der Waals surface area contributed by atoms with Gasteiger partial charge in [-0.2, -0.15) is 0 Å². The Labute approximate surface area is 93.0 Å². The lowest BCUT2D eigenvalue weighted by atomic mass is 10.2. The molecule has 0 N–H and O–H groups in total. The van der Waals surface area contributed by atoms with Crippen LogP contribution in [0.4, 0.5) is 5.82 Å². The molecule has 0 spiro atoms. The summed E-state index contributed by atoms with van der Waals surface area (Å²) in [7, 11) is 0. The van der Waals surface area contributed by atoms with E-state index >= 15 is 0 Å². The fourth-order valence-corrected chi connectivity index (χ4v) is 1.93. The zero-order chi connectivity index (χ0) is 10.8. The van der Waals surface area contributed by atoms with Crippen LogP contribution >= 0.6 is 0 Å². The van der Waals surface area contributed by atoms with Crippen LogP contribution < -0.4 is 4.90 Å². The van der Waals surface area contributed by atoms with E-state index in [1.165, 1.54) is 0 Å². The minimum absolute atomic E-state index is 0.748. The first-order valence-electron chi connectivity index (χ1n) is 5.36. The maximum Gasteiger partial charge on any atom is 0.162 e. The molecule has 82 valence electrons. The molecule has 0 bridgehead atoms. The molecule has 0 unspecified atom stereocenters. The van der Waals surface area contributed by atoms with E-state index in [0.29, 0.717) is 0 Å². The van der Waals surface area contributed by atoms with Crippen molar-refractivity contribution in [2.45, 2.75) is 0 Å². The van der Waals surface area contributed by atoms with Crippen LogP contribution in [0.1, 0.15) is 0 Å². The summed E-state index contributed by atoms with van der Waals surface area (Å²) in [5.74, 6) is 0.911. The van der Waals surface area contributed by atoms with Crippen molar-refractivity contribution in [3.05, 3.63) is 24.3 Å². The number of ether oxygens (including phenoxy) is 1. The molecule has 2 heterocycles. The Hall–Kier alpha value is -1.75. The van der Waals surface area contributed by atoms with E-state index in [4.69, 9.17) is 4.74 Å². The summed E-state index contributed by atoms with van der Waals surface area (Å²) in [6, 6.07) is 7.94. The van der Waals surface area contributed by atoms with Gasteiger partial charge in [0.05, 0.1) is 18.7 Å². The topological polar surface area (TPSA) is 51.1 Å². The van der Waals surface area contributed by atoms with Crippen LogP contribution in [0.5, 0.6) is 0 Å². The first-order valence-corrected chi connectivity index (χ1v) is 5.36. The van der Waals surface area contributed by atoms with Crippen LogP contribution in [-0.2, 0) is 4.74 Å². The quantitative estimate of drug-likeness (QED) is 0.707. The van der Waals surface area contributed by atoms with Gasteiger partial charge in [0.2, 0.25) is 0 Å². The third-order valence-corrected chi connectivity index (χ3v) is 2.75. The molecule has 0 radical (unpaired) electrons. The highest BCUT2D eigenvalue weighted by Gasteiger charge is 2.15. The van der Waals surface area contributed by atoms with Crippen LogP contribution in [-0.4, -0.2) is 41.7 Å². The average Bonchev–Trinajstić information content (AvgIpc) is 2.39. The first kappa shape index (κ1) is 9.47. The van der Waals surface area contributed by atoms with Gasteiger partial charge in [-0.05, 0) is 17.3 Å². The number of aromatic nitrogens is 3.